The number of nitriles is 1. The van der Waals surface area contributed by atoms with Gasteiger partial charge in [0.25, 0.3) is 11.8 Å². The van der Waals surface area contributed by atoms with E-state index in [0.717, 1.165) is 11.1 Å². The first-order valence-corrected chi connectivity index (χ1v) is 9.61. The number of nitrogens with zero attached hydrogens (tertiary/aromatic N) is 1. The molecule has 0 saturated carbocycles. The smallest absolute Gasteiger partial charge is 0.276 e. The number of carbonyl (C=O) groups is 2. The highest BCUT2D eigenvalue weighted by Crippen LogP contribution is 2.23. The van der Waals surface area contributed by atoms with Crippen molar-refractivity contribution in [3.05, 3.63) is 83.4 Å². The summed E-state index contributed by atoms with van der Waals surface area (Å²) in [5.41, 5.74) is 7.00. The third-order valence-electron chi connectivity index (χ3n) is 4.11. The minimum Gasteiger partial charge on any atom is -0.484 e. The van der Waals surface area contributed by atoms with Crippen molar-refractivity contribution in [2.45, 2.75) is 0 Å². The number of hydrazine groups is 1. The van der Waals surface area contributed by atoms with Crippen LogP contribution in [0, 0.1) is 11.3 Å². The van der Waals surface area contributed by atoms with E-state index in [0.29, 0.717) is 22.1 Å². The lowest BCUT2D eigenvalue weighted by Crippen LogP contribution is -2.45. The van der Waals surface area contributed by atoms with Crippen LogP contribution in [0.3, 0.4) is 0 Å². The van der Waals surface area contributed by atoms with Crippen LogP contribution in [0.1, 0.15) is 5.56 Å². The van der Waals surface area contributed by atoms with Crippen molar-refractivity contribution in [2.24, 2.45) is 0 Å². The summed E-state index contributed by atoms with van der Waals surface area (Å²) in [5, 5.41) is 9.25. The minimum atomic E-state index is -0.542. The van der Waals surface area contributed by atoms with Crippen LogP contribution < -0.4 is 20.3 Å². The van der Waals surface area contributed by atoms with Gasteiger partial charge in [0.2, 0.25) is 0 Å². The minimum absolute atomic E-state index is 0.276. The lowest BCUT2D eigenvalue weighted by atomic mass is 10.0. The molecule has 2 amide bonds. The highest BCUT2D eigenvalue weighted by atomic mass is 35.5. The van der Waals surface area contributed by atoms with E-state index in [-0.39, 0.29) is 13.2 Å². The molecule has 31 heavy (non-hydrogen) atoms. The Kier molecular flexibility index (Phi) is 7.46. The highest BCUT2D eigenvalue weighted by molar-refractivity contribution is 6.32. The SMILES string of the molecule is N#Cc1ccc(-c2ccc(OCC(=O)NNC(=O)COc3ccccc3Cl)cc2)cc1. The van der Waals surface area contributed by atoms with Gasteiger partial charge in [0, 0.05) is 0 Å². The van der Waals surface area contributed by atoms with E-state index >= 15 is 0 Å². The van der Waals surface area contributed by atoms with Crippen LogP contribution in [0.25, 0.3) is 11.1 Å². The zero-order chi connectivity index (χ0) is 22.1. The van der Waals surface area contributed by atoms with Gasteiger partial charge < -0.3 is 9.47 Å². The molecule has 0 aromatic heterocycles. The van der Waals surface area contributed by atoms with E-state index < -0.39 is 11.8 Å². The Morgan fingerprint density at radius 2 is 1.35 bits per heavy atom. The molecule has 2 N–H and O–H groups in total. The number of rotatable bonds is 7. The summed E-state index contributed by atoms with van der Waals surface area (Å²) in [6.45, 7) is -0.580. The van der Waals surface area contributed by atoms with Crippen LogP contribution >= 0.6 is 11.6 Å². The Labute approximate surface area is 184 Å². The van der Waals surface area contributed by atoms with Gasteiger partial charge >= 0.3 is 0 Å². The van der Waals surface area contributed by atoms with Gasteiger partial charge in [-0.25, -0.2) is 0 Å². The molecule has 0 atom stereocenters. The number of hydrogen-bond donors (Lipinski definition) is 2. The molecule has 0 aliphatic rings. The van der Waals surface area contributed by atoms with Gasteiger partial charge in [-0.15, -0.1) is 0 Å². The molecule has 8 heteroatoms. The van der Waals surface area contributed by atoms with Crippen LogP contribution in [-0.4, -0.2) is 25.0 Å². The number of para-hydroxylation sites is 1. The summed E-state index contributed by atoms with van der Waals surface area (Å²) < 4.78 is 10.7. The maximum atomic E-state index is 11.9. The normalized spacial score (nSPS) is 9.94. The van der Waals surface area contributed by atoms with Crippen LogP contribution in [0.15, 0.2) is 72.8 Å². The molecule has 3 aromatic carbocycles. The lowest BCUT2D eigenvalue weighted by molar-refractivity contribution is -0.131. The molecule has 0 spiro atoms. The average Bonchev–Trinajstić information content (AvgIpc) is 2.81. The van der Waals surface area contributed by atoms with Crippen molar-refractivity contribution in [3.8, 4) is 28.7 Å². The number of amides is 2. The molecular formula is C23H18ClN3O4. The van der Waals surface area contributed by atoms with Crippen LogP contribution in [0.4, 0.5) is 0 Å². The summed E-state index contributed by atoms with van der Waals surface area (Å²) in [6, 6.07) is 23.2. The maximum absolute atomic E-state index is 11.9. The molecule has 0 bridgehead atoms. The fourth-order valence-corrected chi connectivity index (χ4v) is 2.74. The molecule has 0 saturated heterocycles. The molecule has 0 aliphatic heterocycles. The Balaban J connectivity index is 1.40. The number of nitrogens with one attached hydrogen (secondary N) is 2. The molecule has 0 heterocycles. The molecule has 156 valence electrons. The standard InChI is InChI=1S/C23H18ClN3O4/c24-20-3-1-2-4-21(20)31-15-23(29)27-26-22(28)14-30-19-11-9-18(10-12-19)17-7-5-16(13-25)6-8-17/h1-12H,14-15H2,(H,26,28)(H,27,29). The molecule has 0 aliphatic carbocycles. The van der Waals surface area contributed by atoms with Crippen molar-refractivity contribution < 1.29 is 19.1 Å². The summed E-state index contributed by atoms with van der Waals surface area (Å²) in [7, 11) is 0. The van der Waals surface area contributed by atoms with E-state index in [4.69, 9.17) is 26.3 Å². The zero-order valence-electron chi connectivity index (χ0n) is 16.3. The van der Waals surface area contributed by atoms with E-state index in [2.05, 4.69) is 16.9 Å². The van der Waals surface area contributed by atoms with Crippen molar-refractivity contribution in [1.29, 1.82) is 5.26 Å². The molecular weight excluding hydrogens is 418 g/mol. The fourth-order valence-electron chi connectivity index (χ4n) is 2.55. The van der Waals surface area contributed by atoms with Crippen LogP contribution in [0.2, 0.25) is 5.02 Å². The molecule has 0 unspecified atom stereocenters. The van der Waals surface area contributed by atoms with E-state index in [1.165, 1.54) is 0 Å². The Bertz CT molecular complexity index is 1090. The van der Waals surface area contributed by atoms with Crippen molar-refractivity contribution >= 4 is 23.4 Å². The Morgan fingerprint density at radius 3 is 1.94 bits per heavy atom. The number of carbonyl (C=O) groups excluding carboxylic acids is 2. The topological polar surface area (TPSA) is 100 Å². The van der Waals surface area contributed by atoms with Gasteiger partial charge in [-0.3, -0.25) is 20.4 Å². The number of halogens is 1. The van der Waals surface area contributed by atoms with Gasteiger partial charge in [0.15, 0.2) is 13.2 Å². The number of hydrogen-bond acceptors (Lipinski definition) is 5. The van der Waals surface area contributed by atoms with Crippen molar-refractivity contribution in [2.75, 3.05) is 13.2 Å². The van der Waals surface area contributed by atoms with Gasteiger partial charge in [-0.05, 0) is 47.5 Å². The van der Waals surface area contributed by atoms with Crippen LogP contribution in [-0.2, 0) is 9.59 Å². The van der Waals surface area contributed by atoms with Gasteiger partial charge in [-0.1, -0.05) is 48.0 Å². The predicted molar refractivity (Wildman–Crippen MR) is 115 cm³/mol. The summed E-state index contributed by atoms with van der Waals surface area (Å²) >= 11 is 5.94. The Hall–Kier alpha value is -4.02. The first-order valence-electron chi connectivity index (χ1n) is 9.23. The van der Waals surface area contributed by atoms with E-state index in [1.807, 2.05) is 24.3 Å². The second-order valence-corrected chi connectivity index (χ2v) is 6.72. The Morgan fingerprint density at radius 1 is 0.806 bits per heavy atom. The second kappa shape index (κ2) is 10.7. The third-order valence-corrected chi connectivity index (χ3v) is 4.42. The monoisotopic (exact) mass is 435 g/mol. The summed E-state index contributed by atoms with van der Waals surface area (Å²) in [5.74, 6) is -0.193. The third kappa shape index (κ3) is 6.49. The van der Waals surface area contributed by atoms with Crippen molar-refractivity contribution in [3.63, 3.8) is 0 Å². The zero-order valence-corrected chi connectivity index (χ0v) is 17.1. The average molecular weight is 436 g/mol. The summed E-state index contributed by atoms with van der Waals surface area (Å²) in [6.07, 6.45) is 0. The van der Waals surface area contributed by atoms with E-state index in [1.54, 1.807) is 48.5 Å². The quantitative estimate of drug-likeness (QED) is 0.553. The lowest BCUT2D eigenvalue weighted by Gasteiger charge is -2.10. The van der Waals surface area contributed by atoms with Gasteiger partial charge in [0.05, 0.1) is 16.7 Å². The van der Waals surface area contributed by atoms with Gasteiger partial charge in [-0.2, -0.15) is 5.26 Å². The first kappa shape index (κ1) is 21.7. The van der Waals surface area contributed by atoms with Gasteiger partial charge in [0.1, 0.15) is 11.5 Å². The molecule has 3 rings (SSSR count). The van der Waals surface area contributed by atoms with Crippen molar-refractivity contribution in [1.82, 2.24) is 10.9 Å². The van der Waals surface area contributed by atoms with E-state index in [9.17, 15) is 9.59 Å². The molecule has 0 radical (unpaired) electrons. The first-order chi connectivity index (χ1) is 15.0. The number of ether oxygens (including phenoxy) is 2. The highest BCUT2D eigenvalue weighted by Gasteiger charge is 2.08. The largest absolute Gasteiger partial charge is 0.484 e. The second-order valence-electron chi connectivity index (χ2n) is 6.32. The molecule has 7 nitrogen and oxygen atoms in total. The number of benzene rings is 3. The molecule has 3 aromatic rings. The summed E-state index contributed by atoms with van der Waals surface area (Å²) in [4.78, 5) is 23.6. The fraction of sp³-hybridized carbons (Fsp3) is 0.0870. The van der Waals surface area contributed by atoms with Crippen LogP contribution in [0.5, 0.6) is 11.5 Å². The maximum Gasteiger partial charge on any atom is 0.276 e. The predicted octanol–water partition coefficient (Wildman–Crippen LogP) is 3.48. The molecule has 0 fully saturated rings.